The van der Waals surface area contributed by atoms with Crippen LogP contribution in [-0.4, -0.2) is 35.3 Å². The van der Waals surface area contributed by atoms with Gasteiger partial charge in [-0.15, -0.1) is 0 Å². The Morgan fingerprint density at radius 3 is 2.42 bits per heavy atom. The van der Waals surface area contributed by atoms with E-state index in [0.717, 1.165) is 5.69 Å². The molecular weight excluding hydrogens is 334 g/mol. The highest BCUT2D eigenvalue weighted by atomic mass is 16.5. The lowest BCUT2D eigenvalue weighted by Gasteiger charge is -2.12. The van der Waals surface area contributed by atoms with Gasteiger partial charge in [0.2, 0.25) is 0 Å². The van der Waals surface area contributed by atoms with Gasteiger partial charge in [0.05, 0.1) is 14.2 Å². The number of carbonyl (C=O) groups is 1. The zero-order valence-electron chi connectivity index (χ0n) is 14.3. The fourth-order valence-electron chi connectivity index (χ4n) is 2.41. The number of rotatable bonds is 6. The maximum atomic E-state index is 11.5. The van der Waals surface area contributed by atoms with Crippen LogP contribution in [0.15, 0.2) is 54.7 Å². The predicted molar refractivity (Wildman–Crippen MR) is 97.3 cm³/mol. The fourth-order valence-corrected chi connectivity index (χ4v) is 2.41. The second kappa shape index (κ2) is 7.52. The van der Waals surface area contributed by atoms with E-state index in [1.807, 2.05) is 30.3 Å². The highest BCUT2D eigenvalue weighted by Crippen LogP contribution is 2.31. The summed E-state index contributed by atoms with van der Waals surface area (Å²) in [5.41, 5.74) is 1.39. The Bertz CT molecular complexity index is 929. The maximum Gasteiger partial charge on any atom is 0.341 e. The summed E-state index contributed by atoms with van der Waals surface area (Å²) in [5, 5.41) is 12.4. The van der Waals surface area contributed by atoms with Gasteiger partial charge in [0.25, 0.3) is 0 Å². The lowest BCUT2D eigenvalue weighted by molar-refractivity contribution is 0.0697. The molecule has 3 rings (SSSR count). The van der Waals surface area contributed by atoms with Gasteiger partial charge < -0.3 is 19.9 Å². The molecule has 3 aromatic rings. The van der Waals surface area contributed by atoms with Crippen LogP contribution in [0, 0.1) is 0 Å². The van der Waals surface area contributed by atoms with Crippen LogP contribution in [0.1, 0.15) is 10.4 Å². The van der Waals surface area contributed by atoms with Gasteiger partial charge in [0, 0.05) is 17.4 Å². The van der Waals surface area contributed by atoms with Crippen LogP contribution in [0.2, 0.25) is 0 Å². The van der Waals surface area contributed by atoms with Crippen LogP contribution in [0.4, 0.5) is 11.5 Å². The second-order valence-electron chi connectivity index (χ2n) is 5.32. The van der Waals surface area contributed by atoms with Crippen molar-refractivity contribution in [3.8, 4) is 22.9 Å². The molecule has 1 heterocycles. The first-order valence-electron chi connectivity index (χ1n) is 7.77. The minimum atomic E-state index is -1.11. The molecule has 2 N–H and O–H groups in total. The Labute approximate surface area is 150 Å². The first-order chi connectivity index (χ1) is 12.6. The van der Waals surface area contributed by atoms with E-state index < -0.39 is 5.97 Å². The molecule has 2 aromatic carbocycles. The predicted octanol–water partition coefficient (Wildman–Crippen LogP) is 3.60. The Kier molecular flexibility index (Phi) is 4.98. The molecule has 0 aliphatic heterocycles. The molecule has 26 heavy (non-hydrogen) atoms. The van der Waals surface area contributed by atoms with Gasteiger partial charge in [-0.25, -0.2) is 14.8 Å². The molecule has 0 fully saturated rings. The van der Waals surface area contributed by atoms with E-state index in [1.54, 1.807) is 32.4 Å². The Balaban J connectivity index is 2.04. The average molecular weight is 351 g/mol. The molecule has 0 radical (unpaired) electrons. The molecule has 0 saturated carbocycles. The smallest absolute Gasteiger partial charge is 0.341 e. The van der Waals surface area contributed by atoms with Crippen molar-refractivity contribution in [2.24, 2.45) is 0 Å². The largest absolute Gasteiger partial charge is 0.493 e. The standard InChI is InChI=1S/C19H17N3O4/c1-25-15-9-8-12(10-16(15)26-2)17-20-11-14(19(23)24)18(22-17)21-13-6-4-3-5-7-13/h3-11H,1-2H3,(H,23,24)(H,20,21,22). The van der Waals surface area contributed by atoms with E-state index in [2.05, 4.69) is 15.3 Å². The van der Waals surface area contributed by atoms with Gasteiger partial charge in [-0.1, -0.05) is 18.2 Å². The topological polar surface area (TPSA) is 93.6 Å². The number of nitrogens with one attached hydrogen (secondary N) is 1. The molecule has 0 atom stereocenters. The molecule has 0 amide bonds. The summed E-state index contributed by atoms with van der Waals surface area (Å²) in [7, 11) is 3.09. The third-order valence-electron chi connectivity index (χ3n) is 3.70. The summed E-state index contributed by atoms with van der Waals surface area (Å²) < 4.78 is 10.5. The molecule has 0 aliphatic carbocycles. The van der Waals surface area contributed by atoms with E-state index in [-0.39, 0.29) is 11.4 Å². The number of para-hydroxylation sites is 1. The minimum absolute atomic E-state index is 0.0157. The third-order valence-corrected chi connectivity index (χ3v) is 3.70. The van der Waals surface area contributed by atoms with Crippen LogP contribution in [0.25, 0.3) is 11.4 Å². The quantitative estimate of drug-likeness (QED) is 0.701. The van der Waals surface area contributed by atoms with Gasteiger partial charge in [-0.2, -0.15) is 0 Å². The number of hydrogen-bond acceptors (Lipinski definition) is 6. The van der Waals surface area contributed by atoms with E-state index in [9.17, 15) is 9.90 Å². The SMILES string of the molecule is COc1ccc(-c2ncc(C(=O)O)c(Nc3ccccc3)n2)cc1OC. The minimum Gasteiger partial charge on any atom is -0.493 e. The van der Waals surface area contributed by atoms with Gasteiger partial charge in [0.15, 0.2) is 17.3 Å². The molecule has 0 saturated heterocycles. The number of hydrogen-bond donors (Lipinski definition) is 2. The molecule has 0 unspecified atom stereocenters. The monoisotopic (exact) mass is 351 g/mol. The number of benzene rings is 2. The first-order valence-corrected chi connectivity index (χ1v) is 7.77. The van der Waals surface area contributed by atoms with Gasteiger partial charge in [0.1, 0.15) is 11.4 Å². The van der Waals surface area contributed by atoms with Crippen molar-refractivity contribution in [3.05, 3.63) is 60.3 Å². The summed E-state index contributed by atoms with van der Waals surface area (Å²) in [6.07, 6.45) is 1.28. The average Bonchev–Trinajstić information content (AvgIpc) is 2.68. The van der Waals surface area contributed by atoms with Crippen molar-refractivity contribution in [1.29, 1.82) is 0 Å². The number of aromatic nitrogens is 2. The van der Waals surface area contributed by atoms with Gasteiger partial charge in [-0.05, 0) is 30.3 Å². The lowest BCUT2D eigenvalue weighted by atomic mass is 10.1. The van der Waals surface area contributed by atoms with Crippen molar-refractivity contribution in [2.75, 3.05) is 19.5 Å². The second-order valence-corrected chi connectivity index (χ2v) is 5.32. The van der Waals surface area contributed by atoms with E-state index >= 15 is 0 Å². The summed E-state index contributed by atoms with van der Waals surface area (Å²) in [6.45, 7) is 0. The summed E-state index contributed by atoms with van der Waals surface area (Å²) in [4.78, 5) is 20.1. The van der Waals surface area contributed by atoms with E-state index in [4.69, 9.17) is 9.47 Å². The van der Waals surface area contributed by atoms with Crippen molar-refractivity contribution in [3.63, 3.8) is 0 Å². The Hall–Kier alpha value is -3.61. The maximum absolute atomic E-state index is 11.5. The Morgan fingerprint density at radius 2 is 1.77 bits per heavy atom. The molecule has 7 heteroatoms. The normalized spacial score (nSPS) is 10.2. The Morgan fingerprint density at radius 1 is 1.04 bits per heavy atom. The van der Waals surface area contributed by atoms with Crippen molar-refractivity contribution in [2.45, 2.75) is 0 Å². The molecular formula is C19H17N3O4. The number of carboxylic acid groups (broad SMARTS) is 1. The van der Waals surface area contributed by atoms with Crippen molar-refractivity contribution < 1.29 is 19.4 Å². The fraction of sp³-hybridized carbons (Fsp3) is 0.105. The molecule has 132 valence electrons. The van der Waals surface area contributed by atoms with Crippen molar-refractivity contribution >= 4 is 17.5 Å². The number of carboxylic acids is 1. The number of methoxy groups -OCH3 is 2. The van der Waals surface area contributed by atoms with Crippen LogP contribution in [0.3, 0.4) is 0 Å². The third kappa shape index (κ3) is 3.56. The number of nitrogens with zero attached hydrogens (tertiary/aromatic N) is 2. The first kappa shape index (κ1) is 17.2. The van der Waals surface area contributed by atoms with Crippen LogP contribution in [-0.2, 0) is 0 Å². The van der Waals surface area contributed by atoms with Crippen LogP contribution in [0.5, 0.6) is 11.5 Å². The summed E-state index contributed by atoms with van der Waals surface area (Å²) in [5.74, 6) is 0.592. The molecule has 0 spiro atoms. The molecule has 0 bridgehead atoms. The van der Waals surface area contributed by atoms with E-state index in [0.29, 0.717) is 22.9 Å². The zero-order chi connectivity index (χ0) is 18.5. The highest BCUT2D eigenvalue weighted by Gasteiger charge is 2.16. The van der Waals surface area contributed by atoms with Crippen LogP contribution < -0.4 is 14.8 Å². The lowest BCUT2D eigenvalue weighted by Crippen LogP contribution is -2.07. The molecule has 7 nitrogen and oxygen atoms in total. The van der Waals surface area contributed by atoms with Crippen molar-refractivity contribution in [1.82, 2.24) is 9.97 Å². The molecule has 0 aliphatic rings. The zero-order valence-corrected chi connectivity index (χ0v) is 14.3. The summed E-state index contributed by atoms with van der Waals surface area (Å²) >= 11 is 0. The summed E-state index contributed by atoms with van der Waals surface area (Å²) in [6, 6.07) is 14.5. The molecule has 1 aromatic heterocycles. The highest BCUT2D eigenvalue weighted by molar-refractivity contribution is 5.94. The van der Waals surface area contributed by atoms with Crippen LogP contribution >= 0.6 is 0 Å². The number of ether oxygens (including phenoxy) is 2. The number of aromatic carboxylic acids is 1. The van der Waals surface area contributed by atoms with Gasteiger partial charge >= 0.3 is 5.97 Å². The van der Waals surface area contributed by atoms with E-state index in [1.165, 1.54) is 6.20 Å². The number of anilines is 2. The van der Waals surface area contributed by atoms with Gasteiger partial charge in [-0.3, -0.25) is 0 Å².